The fraction of sp³-hybridized carbons (Fsp3) is 0.467. The molecule has 0 aromatic heterocycles. The number of hydrogen-bond acceptors (Lipinski definition) is 6. The number of ether oxygens (including phenoxy) is 3. The molecule has 2 atom stereocenters. The third-order valence-electron chi connectivity index (χ3n) is 4.28. The number of thioether (sulfide) groups is 1. The Labute approximate surface area is 131 Å². The molecule has 22 heavy (non-hydrogen) atoms. The molecule has 0 N–H and O–H groups in total. The predicted octanol–water partition coefficient (Wildman–Crippen LogP) is 1.77. The summed E-state index contributed by atoms with van der Waals surface area (Å²) >= 11 is 1.65. The Bertz CT molecular complexity index is 663. The van der Waals surface area contributed by atoms with Gasteiger partial charge in [-0.2, -0.15) is 0 Å². The molecule has 0 aliphatic carbocycles. The molecule has 2 fully saturated rings. The lowest BCUT2D eigenvalue weighted by Gasteiger charge is -2.29. The van der Waals surface area contributed by atoms with Crippen molar-refractivity contribution in [3.63, 3.8) is 0 Å². The van der Waals surface area contributed by atoms with Crippen LogP contribution in [-0.4, -0.2) is 40.2 Å². The van der Waals surface area contributed by atoms with Crippen molar-refractivity contribution in [2.24, 2.45) is 0 Å². The molecule has 3 aliphatic rings. The van der Waals surface area contributed by atoms with Crippen molar-refractivity contribution in [2.75, 3.05) is 12.5 Å². The fourth-order valence-corrected chi connectivity index (χ4v) is 4.54. The van der Waals surface area contributed by atoms with Crippen LogP contribution in [0.3, 0.4) is 0 Å². The Morgan fingerprint density at radius 3 is 3.09 bits per heavy atom. The van der Waals surface area contributed by atoms with Gasteiger partial charge in [-0.15, -0.1) is 11.8 Å². The second-order valence-electron chi connectivity index (χ2n) is 5.70. The molecule has 0 unspecified atom stereocenters. The van der Waals surface area contributed by atoms with Crippen LogP contribution in [0.2, 0.25) is 0 Å². The zero-order chi connectivity index (χ0) is 15.3. The molecule has 7 heteroatoms. The summed E-state index contributed by atoms with van der Waals surface area (Å²) in [6.45, 7) is 2.18. The number of carbonyl (C=O) groups is 2. The van der Waals surface area contributed by atoms with E-state index >= 15 is 0 Å². The van der Waals surface area contributed by atoms with Crippen molar-refractivity contribution in [1.29, 1.82) is 0 Å². The first-order valence-corrected chi connectivity index (χ1v) is 8.13. The molecule has 3 aliphatic heterocycles. The topological polar surface area (TPSA) is 65.1 Å². The average molecular weight is 321 g/mol. The highest BCUT2D eigenvalue weighted by molar-refractivity contribution is 8.01. The lowest BCUT2D eigenvalue weighted by atomic mass is 10.2. The first-order chi connectivity index (χ1) is 10.6. The van der Waals surface area contributed by atoms with Crippen molar-refractivity contribution in [3.8, 4) is 17.2 Å². The molecule has 1 aromatic carbocycles. The number of benzene rings is 1. The van der Waals surface area contributed by atoms with Gasteiger partial charge < -0.3 is 19.1 Å². The smallest absolute Gasteiger partial charge is 0.335 e. The Morgan fingerprint density at radius 1 is 1.41 bits per heavy atom. The van der Waals surface area contributed by atoms with Crippen molar-refractivity contribution >= 4 is 23.6 Å². The summed E-state index contributed by atoms with van der Waals surface area (Å²) in [5.74, 6) is 1.81. The van der Waals surface area contributed by atoms with Crippen molar-refractivity contribution in [3.05, 3.63) is 18.2 Å². The number of rotatable bonds is 2. The third kappa shape index (κ3) is 2.03. The molecule has 116 valence electrons. The van der Waals surface area contributed by atoms with Crippen LogP contribution in [0.15, 0.2) is 18.2 Å². The number of carbonyl (C=O) groups excluding carboxylic acids is 2. The van der Waals surface area contributed by atoms with E-state index in [0.717, 1.165) is 6.42 Å². The molecule has 0 saturated carbocycles. The van der Waals surface area contributed by atoms with Crippen molar-refractivity contribution in [2.45, 2.75) is 30.7 Å². The molecule has 0 bridgehead atoms. The van der Waals surface area contributed by atoms with Crippen LogP contribution in [0.1, 0.15) is 19.8 Å². The van der Waals surface area contributed by atoms with Crippen molar-refractivity contribution < 1.29 is 23.8 Å². The second-order valence-corrected chi connectivity index (χ2v) is 7.20. The minimum absolute atomic E-state index is 0.0279. The highest BCUT2D eigenvalue weighted by Crippen LogP contribution is 2.47. The average Bonchev–Trinajstić information content (AvgIpc) is 3.15. The van der Waals surface area contributed by atoms with Gasteiger partial charge in [0.2, 0.25) is 12.7 Å². The number of hydrogen-bond donors (Lipinski definition) is 0. The highest BCUT2D eigenvalue weighted by Gasteiger charge is 2.53. The Morgan fingerprint density at radius 2 is 2.23 bits per heavy atom. The summed E-state index contributed by atoms with van der Waals surface area (Å²) < 4.78 is 15.9. The maximum atomic E-state index is 12.4. The van der Waals surface area contributed by atoms with Gasteiger partial charge in [0, 0.05) is 18.2 Å². The van der Waals surface area contributed by atoms with Gasteiger partial charge in [-0.25, -0.2) is 4.79 Å². The van der Waals surface area contributed by atoms with E-state index in [9.17, 15) is 9.59 Å². The monoisotopic (exact) mass is 321 g/mol. The summed E-state index contributed by atoms with van der Waals surface area (Å²) in [7, 11) is 0. The van der Waals surface area contributed by atoms with E-state index in [4.69, 9.17) is 14.2 Å². The fourth-order valence-electron chi connectivity index (χ4n) is 3.12. The molecule has 3 heterocycles. The lowest BCUT2D eigenvalue weighted by molar-refractivity contribution is -0.146. The van der Waals surface area contributed by atoms with Crippen LogP contribution >= 0.6 is 11.8 Å². The SMILES string of the molecule is C[C@@]12CCC(=O)N1[C@H](C(=O)Oc1ccc3c(c1)OCO3)CS2. The molecule has 2 saturated heterocycles. The summed E-state index contributed by atoms with van der Waals surface area (Å²) in [5, 5.41) is 0. The van der Waals surface area contributed by atoms with E-state index < -0.39 is 12.0 Å². The molecule has 4 rings (SSSR count). The zero-order valence-electron chi connectivity index (χ0n) is 12.0. The maximum Gasteiger partial charge on any atom is 0.335 e. The summed E-state index contributed by atoms with van der Waals surface area (Å²) in [6, 6.07) is 4.49. The van der Waals surface area contributed by atoms with Crippen LogP contribution in [0.25, 0.3) is 0 Å². The van der Waals surface area contributed by atoms with Gasteiger partial charge in [0.25, 0.3) is 0 Å². The Hall–Kier alpha value is -1.89. The third-order valence-corrected chi connectivity index (χ3v) is 5.78. The summed E-state index contributed by atoms with van der Waals surface area (Å²) in [4.78, 5) is 25.9. The number of esters is 1. The lowest BCUT2D eigenvalue weighted by Crippen LogP contribution is -2.47. The van der Waals surface area contributed by atoms with Crippen molar-refractivity contribution in [1.82, 2.24) is 4.90 Å². The van der Waals surface area contributed by atoms with Crippen LogP contribution in [-0.2, 0) is 9.59 Å². The second kappa shape index (κ2) is 4.81. The zero-order valence-corrected chi connectivity index (χ0v) is 12.9. The van der Waals surface area contributed by atoms with Crippen LogP contribution in [0.5, 0.6) is 17.2 Å². The molecule has 0 radical (unpaired) electrons. The number of nitrogens with zero attached hydrogens (tertiary/aromatic N) is 1. The molecule has 0 spiro atoms. The van der Waals surface area contributed by atoms with Crippen LogP contribution in [0, 0.1) is 0 Å². The minimum Gasteiger partial charge on any atom is -0.454 e. The normalized spacial score (nSPS) is 28.9. The van der Waals surface area contributed by atoms with E-state index in [1.54, 1.807) is 34.9 Å². The largest absolute Gasteiger partial charge is 0.454 e. The van der Waals surface area contributed by atoms with Gasteiger partial charge >= 0.3 is 5.97 Å². The van der Waals surface area contributed by atoms with Gasteiger partial charge in [0.15, 0.2) is 11.5 Å². The quantitative estimate of drug-likeness (QED) is 0.611. The van der Waals surface area contributed by atoms with Gasteiger partial charge in [-0.05, 0) is 25.5 Å². The van der Waals surface area contributed by atoms with Gasteiger partial charge in [-0.3, -0.25) is 4.79 Å². The van der Waals surface area contributed by atoms with E-state index in [-0.39, 0.29) is 17.6 Å². The first kappa shape index (κ1) is 13.8. The maximum absolute atomic E-state index is 12.4. The van der Waals surface area contributed by atoms with E-state index in [2.05, 4.69) is 0 Å². The summed E-state index contributed by atoms with van der Waals surface area (Å²) in [6.07, 6.45) is 1.28. The Kier molecular flexibility index (Phi) is 3.00. The minimum atomic E-state index is -0.518. The number of fused-ring (bicyclic) bond motifs is 2. The predicted molar refractivity (Wildman–Crippen MR) is 78.9 cm³/mol. The van der Waals surface area contributed by atoms with Gasteiger partial charge in [0.1, 0.15) is 11.8 Å². The molecule has 6 nitrogen and oxygen atoms in total. The van der Waals surface area contributed by atoms with Gasteiger partial charge in [0.05, 0.1) is 4.87 Å². The molecular formula is C15H15NO5S. The first-order valence-electron chi connectivity index (χ1n) is 7.14. The Balaban J connectivity index is 1.52. The van der Waals surface area contributed by atoms with Crippen LogP contribution < -0.4 is 14.2 Å². The van der Waals surface area contributed by atoms with Gasteiger partial charge in [-0.1, -0.05) is 0 Å². The van der Waals surface area contributed by atoms with Crippen LogP contribution in [0.4, 0.5) is 0 Å². The van der Waals surface area contributed by atoms with E-state index in [1.807, 2.05) is 6.92 Å². The molecule has 1 aromatic rings. The molecule has 1 amide bonds. The number of amides is 1. The molecular weight excluding hydrogens is 306 g/mol. The highest BCUT2D eigenvalue weighted by atomic mass is 32.2. The standard InChI is InChI=1S/C15H15NO5S/c1-15-5-4-13(17)16(15)10(7-22-15)14(18)21-9-2-3-11-12(6-9)20-8-19-11/h2-3,6,10H,4-5,7-8H2,1H3/t10-,15+/m0/s1. The summed E-state index contributed by atoms with van der Waals surface area (Å²) in [5.41, 5.74) is 0. The van der Waals surface area contributed by atoms with E-state index in [1.165, 1.54) is 0 Å². The van der Waals surface area contributed by atoms with E-state index in [0.29, 0.717) is 29.4 Å².